The molecule has 1 amide bonds. The molecule has 2 unspecified atom stereocenters. The van der Waals surface area contributed by atoms with Crippen LogP contribution in [0.1, 0.15) is 33.1 Å². The molecule has 3 heteroatoms. The van der Waals surface area contributed by atoms with Crippen LogP contribution >= 0.6 is 0 Å². The zero-order valence-electron chi connectivity index (χ0n) is 7.71. The molecular weight excluding hydrogens is 154 g/mol. The number of nitrogens with one attached hydrogen (secondary N) is 1. The largest absolute Gasteiger partial charge is 0.289 e. The third-order valence-electron chi connectivity index (χ3n) is 2.90. The van der Waals surface area contributed by atoms with Crippen LogP contribution < -0.4 is 5.48 Å². The SMILES string of the molecule is CC(C)C1CCC(C(=O)NO)C1. The van der Waals surface area contributed by atoms with Gasteiger partial charge >= 0.3 is 0 Å². The van der Waals surface area contributed by atoms with Crippen LogP contribution in [0.2, 0.25) is 0 Å². The lowest BCUT2D eigenvalue weighted by atomic mass is 9.93. The number of hydroxylamine groups is 1. The quantitative estimate of drug-likeness (QED) is 0.489. The molecule has 12 heavy (non-hydrogen) atoms. The summed E-state index contributed by atoms with van der Waals surface area (Å²) in [5, 5.41) is 8.42. The van der Waals surface area contributed by atoms with Crippen molar-refractivity contribution in [3.8, 4) is 0 Å². The molecule has 1 aliphatic rings. The summed E-state index contributed by atoms with van der Waals surface area (Å²) in [6.45, 7) is 4.37. The third-order valence-corrected chi connectivity index (χ3v) is 2.90. The lowest BCUT2D eigenvalue weighted by Gasteiger charge is -2.13. The molecule has 70 valence electrons. The fraction of sp³-hybridized carbons (Fsp3) is 0.889. The van der Waals surface area contributed by atoms with E-state index < -0.39 is 0 Å². The predicted octanol–water partition coefficient (Wildman–Crippen LogP) is 1.56. The first-order valence-corrected chi connectivity index (χ1v) is 4.59. The van der Waals surface area contributed by atoms with Crippen LogP contribution in [0.25, 0.3) is 0 Å². The molecule has 1 fully saturated rings. The molecule has 0 aromatic heterocycles. The smallest absolute Gasteiger partial charge is 0.246 e. The molecule has 2 N–H and O–H groups in total. The Morgan fingerprint density at radius 3 is 2.58 bits per heavy atom. The van der Waals surface area contributed by atoms with E-state index in [2.05, 4.69) is 13.8 Å². The molecule has 0 aromatic carbocycles. The molecule has 0 bridgehead atoms. The minimum atomic E-state index is -0.210. The first kappa shape index (κ1) is 9.52. The van der Waals surface area contributed by atoms with Gasteiger partial charge in [-0.05, 0) is 31.1 Å². The van der Waals surface area contributed by atoms with Gasteiger partial charge in [-0.1, -0.05) is 13.8 Å². The van der Waals surface area contributed by atoms with Crippen molar-refractivity contribution in [1.82, 2.24) is 5.48 Å². The molecule has 0 saturated heterocycles. The molecule has 2 atom stereocenters. The maximum atomic E-state index is 11.0. The Bertz CT molecular complexity index is 168. The highest BCUT2D eigenvalue weighted by molar-refractivity contribution is 5.77. The second-order valence-electron chi connectivity index (χ2n) is 3.99. The van der Waals surface area contributed by atoms with E-state index in [1.165, 1.54) is 0 Å². The lowest BCUT2D eigenvalue weighted by molar-refractivity contribution is -0.133. The Kier molecular flexibility index (Phi) is 3.09. The van der Waals surface area contributed by atoms with Gasteiger partial charge in [0.2, 0.25) is 5.91 Å². The van der Waals surface area contributed by atoms with Crippen LogP contribution in [0.5, 0.6) is 0 Å². The molecule has 1 aliphatic carbocycles. The van der Waals surface area contributed by atoms with E-state index in [4.69, 9.17) is 5.21 Å². The summed E-state index contributed by atoms with van der Waals surface area (Å²) >= 11 is 0. The fourth-order valence-electron chi connectivity index (χ4n) is 1.95. The summed E-state index contributed by atoms with van der Waals surface area (Å²) in [6, 6.07) is 0. The Hall–Kier alpha value is -0.570. The van der Waals surface area contributed by atoms with Gasteiger partial charge in [-0.15, -0.1) is 0 Å². The summed E-state index contributed by atoms with van der Waals surface area (Å²) in [4.78, 5) is 11.0. The molecular formula is C9H17NO2. The van der Waals surface area contributed by atoms with Crippen LogP contribution in [0.4, 0.5) is 0 Å². The minimum absolute atomic E-state index is 0.0439. The van der Waals surface area contributed by atoms with E-state index in [0.717, 1.165) is 19.3 Å². The molecule has 0 spiro atoms. The van der Waals surface area contributed by atoms with Gasteiger partial charge in [0.25, 0.3) is 0 Å². The van der Waals surface area contributed by atoms with Gasteiger partial charge in [0.15, 0.2) is 0 Å². The van der Waals surface area contributed by atoms with Gasteiger partial charge in [-0.25, -0.2) is 5.48 Å². The van der Waals surface area contributed by atoms with Crippen molar-refractivity contribution in [3.63, 3.8) is 0 Å². The molecule has 1 saturated carbocycles. The van der Waals surface area contributed by atoms with Gasteiger partial charge in [-0.3, -0.25) is 10.0 Å². The van der Waals surface area contributed by atoms with E-state index >= 15 is 0 Å². The van der Waals surface area contributed by atoms with Gasteiger partial charge in [0, 0.05) is 5.92 Å². The van der Waals surface area contributed by atoms with E-state index in [0.29, 0.717) is 11.8 Å². The minimum Gasteiger partial charge on any atom is -0.289 e. The Morgan fingerprint density at radius 1 is 1.50 bits per heavy atom. The van der Waals surface area contributed by atoms with E-state index in [-0.39, 0.29) is 11.8 Å². The van der Waals surface area contributed by atoms with Crippen molar-refractivity contribution in [3.05, 3.63) is 0 Å². The number of carbonyl (C=O) groups is 1. The zero-order chi connectivity index (χ0) is 9.14. The van der Waals surface area contributed by atoms with Crippen molar-refractivity contribution in [2.24, 2.45) is 17.8 Å². The normalized spacial score (nSPS) is 29.3. The van der Waals surface area contributed by atoms with Gasteiger partial charge in [0.1, 0.15) is 0 Å². The molecule has 0 aliphatic heterocycles. The molecule has 0 aromatic rings. The lowest BCUT2D eigenvalue weighted by Crippen LogP contribution is -2.26. The number of hydrogen-bond acceptors (Lipinski definition) is 2. The highest BCUT2D eigenvalue weighted by Crippen LogP contribution is 2.35. The maximum absolute atomic E-state index is 11.0. The summed E-state index contributed by atoms with van der Waals surface area (Å²) < 4.78 is 0. The summed E-state index contributed by atoms with van der Waals surface area (Å²) in [5.41, 5.74) is 1.73. The second kappa shape index (κ2) is 3.90. The first-order valence-electron chi connectivity index (χ1n) is 4.59. The van der Waals surface area contributed by atoms with Crippen molar-refractivity contribution in [2.45, 2.75) is 33.1 Å². The average Bonchev–Trinajstić information content (AvgIpc) is 2.51. The summed E-state index contributed by atoms with van der Waals surface area (Å²) in [6.07, 6.45) is 2.98. The summed E-state index contributed by atoms with van der Waals surface area (Å²) in [7, 11) is 0. The van der Waals surface area contributed by atoms with E-state index in [1.54, 1.807) is 5.48 Å². The van der Waals surface area contributed by atoms with Gasteiger partial charge in [-0.2, -0.15) is 0 Å². The Morgan fingerprint density at radius 2 is 2.17 bits per heavy atom. The van der Waals surface area contributed by atoms with Crippen molar-refractivity contribution in [2.75, 3.05) is 0 Å². The topological polar surface area (TPSA) is 49.3 Å². The molecule has 0 heterocycles. The standard InChI is InChI=1S/C9H17NO2/c1-6(2)7-3-4-8(5-7)9(11)10-12/h6-8,12H,3-5H2,1-2H3,(H,10,11). The monoisotopic (exact) mass is 171 g/mol. The molecule has 3 nitrogen and oxygen atoms in total. The average molecular weight is 171 g/mol. The highest BCUT2D eigenvalue weighted by Gasteiger charge is 2.30. The summed E-state index contributed by atoms with van der Waals surface area (Å²) in [5.74, 6) is 1.15. The molecule has 1 rings (SSSR count). The van der Waals surface area contributed by atoms with E-state index in [9.17, 15) is 4.79 Å². The van der Waals surface area contributed by atoms with Crippen LogP contribution in [-0.2, 0) is 4.79 Å². The Balaban J connectivity index is 2.40. The van der Waals surface area contributed by atoms with Crippen molar-refractivity contribution in [1.29, 1.82) is 0 Å². The third kappa shape index (κ3) is 1.97. The second-order valence-corrected chi connectivity index (χ2v) is 3.99. The maximum Gasteiger partial charge on any atom is 0.246 e. The van der Waals surface area contributed by atoms with Gasteiger partial charge < -0.3 is 0 Å². The number of rotatable bonds is 2. The number of amides is 1. The van der Waals surface area contributed by atoms with Crippen LogP contribution in [0, 0.1) is 17.8 Å². The Labute approximate surface area is 73.1 Å². The van der Waals surface area contributed by atoms with Crippen LogP contribution in [0.3, 0.4) is 0 Å². The van der Waals surface area contributed by atoms with E-state index in [1.807, 2.05) is 0 Å². The zero-order valence-corrected chi connectivity index (χ0v) is 7.71. The van der Waals surface area contributed by atoms with Crippen molar-refractivity contribution >= 4 is 5.91 Å². The number of hydrogen-bond donors (Lipinski definition) is 2. The molecule has 0 radical (unpaired) electrons. The fourth-order valence-corrected chi connectivity index (χ4v) is 1.95. The van der Waals surface area contributed by atoms with Gasteiger partial charge in [0.05, 0.1) is 0 Å². The first-order chi connectivity index (χ1) is 5.65. The van der Waals surface area contributed by atoms with Crippen LogP contribution in [-0.4, -0.2) is 11.1 Å². The number of carbonyl (C=O) groups excluding carboxylic acids is 1. The highest BCUT2D eigenvalue weighted by atomic mass is 16.5. The predicted molar refractivity (Wildman–Crippen MR) is 45.6 cm³/mol. The van der Waals surface area contributed by atoms with Crippen LogP contribution in [0.15, 0.2) is 0 Å². The van der Waals surface area contributed by atoms with Crippen molar-refractivity contribution < 1.29 is 10.0 Å².